The van der Waals surface area contributed by atoms with Crippen LogP contribution < -0.4 is 10.7 Å². The van der Waals surface area contributed by atoms with E-state index in [0.717, 1.165) is 60.9 Å². The zero-order chi connectivity index (χ0) is 17.4. The number of thiophene rings is 1. The number of carbonyl (C=O) groups excluding carboxylic acids is 1. The van der Waals surface area contributed by atoms with Crippen LogP contribution in [0.2, 0.25) is 0 Å². The van der Waals surface area contributed by atoms with E-state index in [2.05, 4.69) is 4.98 Å². The molecule has 1 saturated heterocycles. The van der Waals surface area contributed by atoms with Gasteiger partial charge in [0.05, 0.1) is 18.0 Å². The van der Waals surface area contributed by atoms with Gasteiger partial charge in [-0.15, -0.1) is 11.3 Å². The maximum atomic E-state index is 13.2. The minimum atomic E-state index is -1.12. The SMILES string of the molecule is O=C([O-])CCc1nc2sc3c(c2c(=O)n1C[C@@H]1CCCO1)CCCC3. The summed E-state index contributed by atoms with van der Waals surface area (Å²) in [6.45, 7) is 1.17. The first-order valence-electron chi connectivity index (χ1n) is 8.99. The van der Waals surface area contributed by atoms with Gasteiger partial charge in [0.15, 0.2) is 0 Å². The van der Waals surface area contributed by atoms with Crippen LogP contribution in [0.4, 0.5) is 0 Å². The van der Waals surface area contributed by atoms with E-state index in [1.807, 2.05) is 0 Å². The van der Waals surface area contributed by atoms with E-state index in [-0.39, 0.29) is 24.5 Å². The van der Waals surface area contributed by atoms with Crippen molar-refractivity contribution in [1.82, 2.24) is 9.55 Å². The van der Waals surface area contributed by atoms with Crippen LogP contribution in [0.25, 0.3) is 10.2 Å². The molecule has 0 aromatic carbocycles. The first-order chi connectivity index (χ1) is 12.1. The van der Waals surface area contributed by atoms with Crippen molar-refractivity contribution in [2.75, 3.05) is 6.61 Å². The third-order valence-electron chi connectivity index (χ3n) is 5.12. The molecule has 0 spiro atoms. The molecule has 1 aliphatic carbocycles. The Labute approximate surface area is 149 Å². The van der Waals surface area contributed by atoms with Crippen molar-refractivity contribution in [2.45, 2.75) is 64.0 Å². The standard InChI is InChI=1S/C18H22N2O4S/c21-15(22)8-7-14-19-17-16(12-5-1-2-6-13(12)25-17)18(23)20(14)10-11-4-3-9-24-11/h11H,1-10H2,(H,21,22)/p-1/t11-/m0/s1. The lowest BCUT2D eigenvalue weighted by Gasteiger charge is -2.17. The van der Waals surface area contributed by atoms with Crippen molar-refractivity contribution in [3.8, 4) is 0 Å². The van der Waals surface area contributed by atoms with Gasteiger partial charge in [-0.25, -0.2) is 4.98 Å². The Hall–Kier alpha value is -1.73. The summed E-state index contributed by atoms with van der Waals surface area (Å²) in [5, 5.41) is 11.6. The zero-order valence-corrected chi connectivity index (χ0v) is 14.9. The third kappa shape index (κ3) is 3.22. The summed E-state index contributed by atoms with van der Waals surface area (Å²) in [6, 6.07) is 0. The smallest absolute Gasteiger partial charge is 0.262 e. The van der Waals surface area contributed by atoms with E-state index >= 15 is 0 Å². The summed E-state index contributed by atoms with van der Waals surface area (Å²) >= 11 is 1.60. The molecule has 4 rings (SSSR count). The lowest BCUT2D eigenvalue weighted by molar-refractivity contribution is -0.305. The number of ether oxygens (including phenoxy) is 1. The molecule has 1 atom stereocenters. The quantitative estimate of drug-likeness (QED) is 0.799. The molecule has 2 aromatic rings. The second-order valence-electron chi connectivity index (χ2n) is 6.84. The van der Waals surface area contributed by atoms with Crippen LogP contribution in [-0.2, 0) is 35.3 Å². The molecule has 0 bridgehead atoms. The molecular formula is C18H21N2O4S-. The number of carboxylic acids is 1. The summed E-state index contributed by atoms with van der Waals surface area (Å²) in [5.74, 6) is -0.584. The van der Waals surface area contributed by atoms with Gasteiger partial charge in [0.1, 0.15) is 10.7 Å². The Kier molecular flexibility index (Phi) is 4.60. The first kappa shape index (κ1) is 16.7. The van der Waals surface area contributed by atoms with Crippen LogP contribution in [0.15, 0.2) is 4.79 Å². The van der Waals surface area contributed by atoms with E-state index in [1.54, 1.807) is 15.9 Å². The molecule has 0 unspecified atom stereocenters. The number of aryl methyl sites for hydroxylation is 3. The summed E-state index contributed by atoms with van der Waals surface area (Å²) in [5.41, 5.74) is 1.13. The monoisotopic (exact) mass is 361 g/mol. The van der Waals surface area contributed by atoms with Gasteiger partial charge < -0.3 is 14.6 Å². The highest BCUT2D eigenvalue weighted by atomic mass is 32.1. The summed E-state index contributed by atoms with van der Waals surface area (Å²) in [6.07, 6.45) is 6.22. The lowest BCUT2D eigenvalue weighted by Crippen LogP contribution is -2.31. The van der Waals surface area contributed by atoms with Crippen LogP contribution in [-0.4, -0.2) is 28.2 Å². The molecule has 6 nitrogen and oxygen atoms in total. The van der Waals surface area contributed by atoms with Crippen molar-refractivity contribution in [3.05, 3.63) is 26.6 Å². The molecule has 1 aliphatic heterocycles. The molecule has 1 fully saturated rings. The van der Waals surface area contributed by atoms with Crippen molar-refractivity contribution in [1.29, 1.82) is 0 Å². The minimum absolute atomic E-state index is 0.00751. The number of hydrogen-bond acceptors (Lipinski definition) is 6. The number of aromatic nitrogens is 2. The van der Waals surface area contributed by atoms with Crippen molar-refractivity contribution < 1.29 is 14.6 Å². The molecule has 0 amide bonds. The molecule has 2 aliphatic rings. The van der Waals surface area contributed by atoms with Crippen molar-refractivity contribution >= 4 is 27.5 Å². The fraction of sp³-hybridized carbons (Fsp3) is 0.611. The summed E-state index contributed by atoms with van der Waals surface area (Å²) in [4.78, 5) is 30.8. The molecule has 134 valence electrons. The molecule has 0 saturated carbocycles. The first-order valence-corrected chi connectivity index (χ1v) is 9.80. The Morgan fingerprint density at radius 2 is 2.16 bits per heavy atom. The second-order valence-corrected chi connectivity index (χ2v) is 7.93. The van der Waals surface area contributed by atoms with Gasteiger partial charge in [-0.1, -0.05) is 0 Å². The number of aliphatic carboxylic acids is 1. The van der Waals surface area contributed by atoms with E-state index < -0.39 is 5.97 Å². The fourth-order valence-electron chi connectivity index (χ4n) is 3.87. The van der Waals surface area contributed by atoms with Gasteiger partial charge in [0.25, 0.3) is 5.56 Å². The van der Waals surface area contributed by atoms with Gasteiger partial charge in [0.2, 0.25) is 0 Å². The topological polar surface area (TPSA) is 84.3 Å². The predicted molar refractivity (Wildman–Crippen MR) is 92.8 cm³/mol. The van der Waals surface area contributed by atoms with E-state index in [0.29, 0.717) is 12.4 Å². The second kappa shape index (κ2) is 6.88. The number of carboxylic acid groups (broad SMARTS) is 1. The predicted octanol–water partition coefficient (Wildman–Crippen LogP) is 1.20. The third-order valence-corrected chi connectivity index (χ3v) is 6.30. The minimum Gasteiger partial charge on any atom is -0.550 e. The van der Waals surface area contributed by atoms with Crippen molar-refractivity contribution in [2.24, 2.45) is 0 Å². The molecule has 25 heavy (non-hydrogen) atoms. The van der Waals surface area contributed by atoms with Gasteiger partial charge in [-0.05, 0) is 50.5 Å². The normalized spacial score (nSPS) is 20.1. The highest BCUT2D eigenvalue weighted by Gasteiger charge is 2.24. The summed E-state index contributed by atoms with van der Waals surface area (Å²) < 4.78 is 7.34. The average molecular weight is 361 g/mol. The lowest BCUT2D eigenvalue weighted by atomic mass is 9.97. The van der Waals surface area contributed by atoms with E-state index in [9.17, 15) is 14.7 Å². The highest BCUT2D eigenvalue weighted by molar-refractivity contribution is 7.18. The number of carbonyl (C=O) groups is 1. The number of rotatable bonds is 5. The van der Waals surface area contributed by atoms with Crippen LogP contribution in [0.5, 0.6) is 0 Å². The molecule has 0 N–H and O–H groups in total. The van der Waals surface area contributed by atoms with Crippen molar-refractivity contribution in [3.63, 3.8) is 0 Å². The van der Waals surface area contributed by atoms with Crippen LogP contribution in [0.1, 0.15) is 48.4 Å². The number of fused-ring (bicyclic) bond motifs is 3. The Morgan fingerprint density at radius 3 is 2.92 bits per heavy atom. The van der Waals surface area contributed by atoms with Crippen LogP contribution in [0, 0.1) is 0 Å². The summed E-state index contributed by atoms with van der Waals surface area (Å²) in [7, 11) is 0. The van der Waals surface area contributed by atoms with Gasteiger partial charge in [0, 0.05) is 23.9 Å². The molecular weight excluding hydrogens is 340 g/mol. The highest BCUT2D eigenvalue weighted by Crippen LogP contribution is 2.34. The Balaban J connectivity index is 1.81. The average Bonchev–Trinajstić information content (AvgIpc) is 3.22. The Bertz CT molecular complexity index is 864. The van der Waals surface area contributed by atoms with E-state index in [4.69, 9.17) is 4.74 Å². The molecule has 3 heterocycles. The van der Waals surface area contributed by atoms with Crippen LogP contribution in [0.3, 0.4) is 0 Å². The van der Waals surface area contributed by atoms with E-state index in [1.165, 1.54) is 4.88 Å². The maximum Gasteiger partial charge on any atom is 0.262 e. The Morgan fingerprint density at radius 1 is 1.32 bits per heavy atom. The number of nitrogens with zero attached hydrogens (tertiary/aromatic N) is 2. The fourth-order valence-corrected chi connectivity index (χ4v) is 5.14. The van der Waals surface area contributed by atoms with Gasteiger partial charge >= 0.3 is 0 Å². The molecule has 7 heteroatoms. The van der Waals surface area contributed by atoms with Gasteiger partial charge in [-0.2, -0.15) is 0 Å². The maximum absolute atomic E-state index is 13.2. The number of hydrogen-bond donors (Lipinski definition) is 0. The van der Waals surface area contributed by atoms with Crippen LogP contribution >= 0.6 is 11.3 Å². The largest absolute Gasteiger partial charge is 0.550 e. The van der Waals surface area contributed by atoms with Gasteiger partial charge in [-0.3, -0.25) is 9.36 Å². The molecule has 2 aromatic heterocycles. The zero-order valence-electron chi connectivity index (χ0n) is 14.1. The molecule has 0 radical (unpaired) electrons.